The third kappa shape index (κ3) is 3.21. The molecule has 4 N–H and O–H groups in total. The second-order valence-corrected chi connectivity index (χ2v) is 7.51. The summed E-state index contributed by atoms with van der Waals surface area (Å²) in [5.74, 6) is 0.362. The quantitative estimate of drug-likeness (QED) is 0.544. The molecule has 8 heteroatoms. The second kappa shape index (κ2) is 7.46. The van der Waals surface area contributed by atoms with Crippen LogP contribution in [0.2, 0.25) is 0 Å². The van der Waals surface area contributed by atoms with E-state index in [1.807, 2.05) is 6.92 Å². The van der Waals surface area contributed by atoms with E-state index in [1.165, 1.54) is 0 Å². The number of rotatable bonds is 3. The molecule has 2 aromatic rings. The minimum Gasteiger partial charge on any atom is -0.461 e. The second-order valence-electron chi connectivity index (χ2n) is 7.51. The maximum atomic E-state index is 12.3. The lowest BCUT2D eigenvalue weighted by atomic mass is 9.90. The van der Waals surface area contributed by atoms with E-state index in [2.05, 4.69) is 0 Å². The van der Waals surface area contributed by atoms with Crippen molar-refractivity contribution in [1.29, 1.82) is 0 Å². The Morgan fingerprint density at radius 2 is 1.79 bits per heavy atom. The molecule has 1 saturated heterocycles. The molecule has 2 heterocycles. The molecule has 8 nitrogen and oxygen atoms in total. The molecular weight excluding hydrogens is 368 g/mol. The van der Waals surface area contributed by atoms with Crippen LogP contribution in [-0.4, -0.2) is 57.7 Å². The highest BCUT2D eigenvalue weighted by Gasteiger charge is 2.45. The van der Waals surface area contributed by atoms with Gasteiger partial charge in [-0.2, -0.15) is 0 Å². The van der Waals surface area contributed by atoms with E-state index in [9.17, 15) is 25.2 Å². The standard InChI is InChI=1S/C20H24O8/c1-9-6-12-15(10-4-2-3-5-11(10)19(25)26-12)13(7-9)27-20-18(24)17(23)16(22)14(8-21)28-20/h6-7,14,16-18,20-24H,2-5,8H2,1H3/t14-,16-,17+,18-,20+/m1/s1. The van der Waals surface area contributed by atoms with Crippen LogP contribution in [0.3, 0.4) is 0 Å². The highest BCUT2D eigenvalue weighted by Crippen LogP contribution is 2.36. The Kier molecular flexibility index (Phi) is 5.15. The molecule has 28 heavy (non-hydrogen) atoms. The maximum Gasteiger partial charge on any atom is 0.339 e. The number of hydrogen-bond acceptors (Lipinski definition) is 8. The summed E-state index contributed by atoms with van der Waals surface area (Å²) in [6, 6.07) is 3.50. The molecule has 1 aliphatic carbocycles. The Morgan fingerprint density at radius 3 is 2.50 bits per heavy atom. The Labute approximate surface area is 160 Å². The van der Waals surface area contributed by atoms with Crippen LogP contribution in [0.4, 0.5) is 0 Å². The number of aliphatic hydroxyl groups is 4. The summed E-state index contributed by atoms with van der Waals surface area (Å²) in [6.07, 6.45) is -3.65. The first-order valence-electron chi connectivity index (χ1n) is 9.47. The fraction of sp³-hybridized carbons (Fsp3) is 0.550. The monoisotopic (exact) mass is 392 g/mol. The number of ether oxygens (including phenoxy) is 2. The summed E-state index contributed by atoms with van der Waals surface area (Å²) in [6.45, 7) is 1.28. The van der Waals surface area contributed by atoms with E-state index < -0.39 is 37.3 Å². The Hall–Kier alpha value is -1.97. The van der Waals surface area contributed by atoms with E-state index in [1.54, 1.807) is 12.1 Å². The molecule has 0 radical (unpaired) electrons. The minimum atomic E-state index is -1.53. The van der Waals surface area contributed by atoms with Crippen molar-refractivity contribution < 1.29 is 34.3 Å². The van der Waals surface area contributed by atoms with Crippen LogP contribution in [0, 0.1) is 6.92 Å². The van der Waals surface area contributed by atoms with Crippen LogP contribution in [-0.2, 0) is 17.6 Å². The number of hydrogen-bond donors (Lipinski definition) is 4. The van der Waals surface area contributed by atoms with Crippen molar-refractivity contribution in [2.24, 2.45) is 0 Å². The van der Waals surface area contributed by atoms with Crippen LogP contribution in [0.1, 0.15) is 29.5 Å². The average Bonchev–Trinajstić information content (AvgIpc) is 2.68. The van der Waals surface area contributed by atoms with Crippen molar-refractivity contribution in [3.8, 4) is 5.75 Å². The zero-order valence-corrected chi connectivity index (χ0v) is 15.5. The minimum absolute atomic E-state index is 0.341. The molecule has 0 unspecified atom stereocenters. The Morgan fingerprint density at radius 1 is 1.07 bits per heavy atom. The summed E-state index contributed by atoms with van der Waals surface area (Å²) in [5, 5.41) is 40.3. The van der Waals surface area contributed by atoms with Crippen LogP contribution < -0.4 is 10.4 Å². The van der Waals surface area contributed by atoms with Crippen LogP contribution in [0.15, 0.2) is 21.3 Å². The average molecular weight is 392 g/mol. The van der Waals surface area contributed by atoms with E-state index in [0.29, 0.717) is 35.1 Å². The van der Waals surface area contributed by atoms with E-state index in [4.69, 9.17) is 13.9 Å². The Bertz CT molecular complexity index is 934. The molecule has 0 amide bonds. The van der Waals surface area contributed by atoms with E-state index in [-0.39, 0.29) is 5.63 Å². The fourth-order valence-electron chi connectivity index (χ4n) is 4.05. The van der Waals surface area contributed by atoms with Gasteiger partial charge < -0.3 is 34.3 Å². The zero-order chi connectivity index (χ0) is 20.0. The maximum absolute atomic E-state index is 12.3. The van der Waals surface area contributed by atoms with Gasteiger partial charge in [0.25, 0.3) is 0 Å². The number of fused-ring (bicyclic) bond motifs is 3. The summed E-state index contributed by atoms with van der Waals surface area (Å²) in [5.41, 5.74) is 2.35. The van der Waals surface area contributed by atoms with Crippen molar-refractivity contribution in [2.75, 3.05) is 6.61 Å². The smallest absolute Gasteiger partial charge is 0.339 e. The van der Waals surface area contributed by atoms with Gasteiger partial charge in [0.2, 0.25) is 6.29 Å². The number of aliphatic hydroxyl groups excluding tert-OH is 4. The molecule has 152 valence electrons. The third-order valence-electron chi connectivity index (χ3n) is 5.52. The molecule has 0 bridgehead atoms. The molecule has 1 aliphatic heterocycles. The predicted octanol–water partition coefficient (Wildman–Crippen LogP) is 0.159. The lowest BCUT2D eigenvalue weighted by Crippen LogP contribution is -2.60. The number of benzene rings is 1. The topological polar surface area (TPSA) is 130 Å². The molecule has 1 fully saturated rings. The van der Waals surface area contributed by atoms with Gasteiger partial charge in [0.05, 0.1) is 12.0 Å². The van der Waals surface area contributed by atoms with Gasteiger partial charge in [-0.1, -0.05) is 0 Å². The molecule has 0 saturated carbocycles. The first kappa shape index (κ1) is 19.4. The van der Waals surface area contributed by atoms with Crippen LogP contribution in [0.5, 0.6) is 5.75 Å². The van der Waals surface area contributed by atoms with Gasteiger partial charge in [0.15, 0.2) is 0 Å². The molecule has 0 spiro atoms. The largest absolute Gasteiger partial charge is 0.461 e. The molecule has 4 rings (SSSR count). The van der Waals surface area contributed by atoms with Crippen LogP contribution >= 0.6 is 0 Å². The van der Waals surface area contributed by atoms with Gasteiger partial charge in [-0.25, -0.2) is 4.79 Å². The zero-order valence-electron chi connectivity index (χ0n) is 15.5. The lowest BCUT2D eigenvalue weighted by molar-refractivity contribution is -0.277. The van der Waals surface area contributed by atoms with E-state index in [0.717, 1.165) is 24.0 Å². The van der Waals surface area contributed by atoms with Crippen molar-refractivity contribution in [2.45, 2.75) is 63.3 Å². The van der Waals surface area contributed by atoms with Gasteiger partial charge in [-0.05, 0) is 55.9 Å². The first-order valence-corrected chi connectivity index (χ1v) is 9.47. The van der Waals surface area contributed by atoms with Gasteiger partial charge in [0, 0.05) is 5.56 Å². The first-order chi connectivity index (χ1) is 13.4. The third-order valence-corrected chi connectivity index (χ3v) is 5.52. The molecular formula is C20H24O8. The summed E-state index contributed by atoms with van der Waals surface area (Å²) >= 11 is 0. The highest BCUT2D eigenvalue weighted by molar-refractivity contribution is 5.88. The highest BCUT2D eigenvalue weighted by atomic mass is 16.7. The molecule has 1 aromatic carbocycles. The van der Waals surface area contributed by atoms with Crippen molar-refractivity contribution in [1.82, 2.24) is 0 Å². The SMILES string of the molecule is Cc1cc(O[C@H]2O[C@H](CO)[C@@H](O)[C@H](O)[C@H]2O)c2c3c(c(=O)oc2c1)CCCC3. The number of aryl methyl sites for hydroxylation is 2. The Balaban J connectivity index is 1.79. The summed E-state index contributed by atoms with van der Waals surface area (Å²) in [4.78, 5) is 12.3. The van der Waals surface area contributed by atoms with E-state index >= 15 is 0 Å². The van der Waals surface area contributed by atoms with Crippen molar-refractivity contribution in [3.63, 3.8) is 0 Å². The van der Waals surface area contributed by atoms with Gasteiger partial charge in [-0.15, -0.1) is 0 Å². The van der Waals surface area contributed by atoms with Gasteiger partial charge in [-0.3, -0.25) is 0 Å². The lowest BCUT2D eigenvalue weighted by Gasteiger charge is -2.39. The fourth-order valence-corrected chi connectivity index (χ4v) is 4.05. The predicted molar refractivity (Wildman–Crippen MR) is 98.3 cm³/mol. The van der Waals surface area contributed by atoms with Crippen molar-refractivity contribution in [3.05, 3.63) is 39.2 Å². The molecule has 1 aromatic heterocycles. The summed E-state index contributed by atoms with van der Waals surface area (Å²) < 4.78 is 16.9. The summed E-state index contributed by atoms with van der Waals surface area (Å²) in [7, 11) is 0. The van der Waals surface area contributed by atoms with Crippen molar-refractivity contribution >= 4 is 11.0 Å². The van der Waals surface area contributed by atoms with Gasteiger partial charge >= 0.3 is 5.63 Å². The van der Waals surface area contributed by atoms with Gasteiger partial charge in [0.1, 0.15) is 35.7 Å². The normalized spacial score (nSPS) is 30.2. The molecule has 5 atom stereocenters. The molecule has 2 aliphatic rings. The van der Waals surface area contributed by atoms with Crippen LogP contribution in [0.25, 0.3) is 11.0 Å².